The van der Waals surface area contributed by atoms with Crippen LogP contribution in [0.4, 0.5) is 0 Å². The maximum atomic E-state index is 12.8. The Labute approximate surface area is 160 Å². The number of aliphatic carboxylic acids is 1. The van der Waals surface area contributed by atoms with Crippen LogP contribution in [0.15, 0.2) is 36.4 Å². The van der Waals surface area contributed by atoms with Crippen molar-refractivity contribution in [1.82, 2.24) is 15.1 Å². The fourth-order valence-corrected chi connectivity index (χ4v) is 4.69. The Morgan fingerprint density at radius 2 is 2.04 bits per heavy atom. The number of hydrogen-bond donors (Lipinski definition) is 2. The van der Waals surface area contributed by atoms with Crippen molar-refractivity contribution in [2.45, 2.75) is 44.7 Å². The molecular weight excluding hydrogens is 362 g/mol. The SMILES string of the molecule is Cc1nn(Cc2ccccc2)c2sc(C(=O)NC3(CC(=O)O)CCC3)cc12. The summed E-state index contributed by atoms with van der Waals surface area (Å²) in [6, 6.07) is 11.9. The van der Waals surface area contributed by atoms with Crippen LogP contribution in [0.2, 0.25) is 0 Å². The quantitative estimate of drug-likeness (QED) is 0.681. The van der Waals surface area contributed by atoms with Gasteiger partial charge < -0.3 is 10.4 Å². The van der Waals surface area contributed by atoms with Gasteiger partial charge in [0, 0.05) is 5.39 Å². The minimum absolute atomic E-state index is 0.0234. The van der Waals surface area contributed by atoms with E-state index in [9.17, 15) is 9.59 Å². The first-order chi connectivity index (χ1) is 13.0. The molecule has 3 aromatic rings. The molecule has 1 fully saturated rings. The third-order valence-corrected chi connectivity index (χ3v) is 6.33. The molecule has 0 unspecified atom stereocenters. The predicted octanol–water partition coefficient (Wildman–Crippen LogP) is 3.58. The van der Waals surface area contributed by atoms with Crippen LogP contribution in [0.3, 0.4) is 0 Å². The lowest BCUT2D eigenvalue weighted by Crippen LogP contribution is -2.54. The van der Waals surface area contributed by atoms with E-state index in [1.165, 1.54) is 11.3 Å². The Bertz CT molecular complexity index is 1000. The monoisotopic (exact) mass is 383 g/mol. The molecule has 4 rings (SSSR count). The minimum atomic E-state index is -0.874. The van der Waals surface area contributed by atoms with Crippen LogP contribution in [-0.2, 0) is 11.3 Å². The Hall–Kier alpha value is -2.67. The molecule has 140 valence electrons. The van der Waals surface area contributed by atoms with Gasteiger partial charge in [-0.15, -0.1) is 11.3 Å². The van der Waals surface area contributed by atoms with Gasteiger partial charge in [-0.25, -0.2) is 0 Å². The standard InChI is InChI=1S/C20H21N3O3S/c1-13-15-10-16(18(26)21-20(8-5-9-20)11-17(24)25)27-19(15)23(22-13)12-14-6-3-2-4-7-14/h2-4,6-7,10H,5,8-9,11-12H2,1H3,(H,21,26)(H,24,25). The van der Waals surface area contributed by atoms with Gasteiger partial charge in [0.25, 0.3) is 5.91 Å². The highest BCUT2D eigenvalue weighted by molar-refractivity contribution is 7.20. The molecule has 1 aliphatic carbocycles. The van der Waals surface area contributed by atoms with E-state index >= 15 is 0 Å². The van der Waals surface area contributed by atoms with E-state index in [-0.39, 0.29) is 12.3 Å². The number of carbonyl (C=O) groups is 2. The zero-order chi connectivity index (χ0) is 19.0. The molecule has 1 saturated carbocycles. The van der Waals surface area contributed by atoms with Crippen molar-refractivity contribution in [3.05, 3.63) is 52.5 Å². The average molecular weight is 383 g/mol. The topological polar surface area (TPSA) is 84.2 Å². The Morgan fingerprint density at radius 3 is 2.67 bits per heavy atom. The van der Waals surface area contributed by atoms with E-state index < -0.39 is 11.5 Å². The molecule has 6 nitrogen and oxygen atoms in total. The molecular formula is C20H21N3O3S. The van der Waals surface area contributed by atoms with Gasteiger partial charge in [0.05, 0.1) is 29.1 Å². The highest BCUT2D eigenvalue weighted by Crippen LogP contribution is 2.36. The van der Waals surface area contributed by atoms with Gasteiger partial charge in [-0.1, -0.05) is 30.3 Å². The summed E-state index contributed by atoms with van der Waals surface area (Å²) in [6.45, 7) is 2.59. The average Bonchev–Trinajstić information content (AvgIpc) is 3.15. The first kappa shape index (κ1) is 17.7. The van der Waals surface area contributed by atoms with Crippen LogP contribution < -0.4 is 5.32 Å². The minimum Gasteiger partial charge on any atom is -0.481 e. The second-order valence-electron chi connectivity index (χ2n) is 7.22. The summed E-state index contributed by atoms with van der Waals surface area (Å²) in [7, 11) is 0. The summed E-state index contributed by atoms with van der Waals surface area (Å²) in [5.41, 5.74) is 1.45. The van der Waals surface area contributed by atoms with Gasteiger partial charge in [-0.3, -0.25) is 14.3 Å². The van der Waals surface area contributed by atoms with Gasteiger partial charge in [0.1, 0.15) is 4.83 Å². The molecule has 0 spiro atoms. The predicted molar refractivity (Wildman–Crippen MR) is 104 cm³/mol. The first-order valence-corrected chi connectivity index (χ1v) is 9.83. The van der Waals surface area contributed by atoms with Crippen molar-refractivity contribution in [3.63, 3.8) is 0 Å². The number of carboxylic acids is 1. The zero-order valence-electron chi connectivity index (χ0n) is 15.1. The number of aryl methyl sites for hydroxylation is 1. The summed E-state index contributed by atoms with van der Waals surface area (Å²) in [6.07, 6.45) is 2.36. The largest absolute Gasteiger partial charge is 0.481 e. The lowest BCUT2D eigenvalue weighted by atomic mass is 9.74. The van der Waals surface area contributed by atoms with Crippen molar-refractivity contribution in [2.24, 2.45) is 0 Å². The summed E-state index contributed by atoms with van der Waals surface area (Å²) < 4.78 is 1.93. The zero-order valence-corrected chi connectivity index (χ0v) is 15.9. The van der Waals surface area contributed by atoms with E-state index in [1.807, 2.05) is 35.9 Å². The third-order valence-electron chi connectivity index (χ3n) is 5.19. The summed E-state index contributed by atoms with van der Waals surface area (Å²) in [5.74, 6) is -1.07. The van der Waals surface area contributed by atoms with E-state index in [0.717, 1.165) is 40.7 Å². The van der Waals surface area contributed by atoms with Crippen molar-refractivity contribution in [1.29, 1.82) is 0 Å². The van der Waals surface area contributed by atoms with E-state index in [1.54, 1.807) is 0 Å². The maximum Gasteiger partial charge on any atom is 0.305 e. The van der Waals surface area contributed by atoms with E-state index in [2.05, 4.69) is 22.5 Å². The Balaban J connectivity index is 1.59. The van der Waals surface area contributed by atoms with Crippen LogP contribution in [0.5, 0.6) is 0 Å². The van der Waals surface area contributed by atoms with Crippen LogP contribution in [-0.4, -0.2) is 32.3 Å². The Kier molecular flexibility index (Phi) is 4.47. The lowest BCUT2D eigenvalue weighted by Gasteiger charge is -2.41. The molecule has 0 atom stereocenters. The van der Waals surface area contributed by atoms with Crippen molar-refractivity contribution in [3.8, 4) is 0 Å². The molecule has 7 heteroatoms. The molecule has 1 aliphatic rings. The molecule has 0 saturated heterocycles. The molecule has 0 bridgehead atoms. The third kappa shape index (κ3) is 3.47. The van der Waals surface area contributed by atoms with Crippen LogP contribution in [0.1, 0.15) is 46.6 Å². The first-order valence-electron chi connectivity index (χ1n) is 9.01. The molecule has 1 amide bonds. The smallest absolute Gasteiger partial charge is 0.305 e. The van der Waals surface area contributed by atoms with Gasteiger partial charge in [0.15, 0.2) is 0 Å². The molecule has 1 aromatic carbocycles. The Morgan fingerprint density at radius 1 is 1.30 bits per heavy atom. The highest BCUT2D eigenvalue weighted by Gasteiger charge is 2.40. The second-order valence-corrected chi connectivity index (χ2v) is 8.25. The number of hydrogen-bond acceptors (Lipinski definition) is 4. The number of fused-ring (bicyclic) bond motifs is 1. The molecule has 2 N–H and O–H groups in total. The van der Waals surface area contributed by atoms with Gasteiger partial charge in [-0.05, 0) is 37.8 Å². The number of nitrogens with zero attached hydrogens (tertiary/aromatic N) is 2. The van der Waals surface area contributed by atoms with Crippen LogP contribution >= 0.6 is 11.3 Å². The summed E-state index contributed by atoms with van der Waals surface area (Å²) in [4.78, 5) is 25.4. The molecule has 0 radical (unpaired) electrons. The number of rotatable bonds is 6. The van der Waals surface area contributed by atoms with E-state index in [4.69, 9.17) is 5.11 Å². The highest BCUT2D eigenvalue weighted by atomic mass is 32.1. The van der Waals surface area contributed by atoms with Gasteiger partial charge >= 0.3 is 5.97 Å². The normalized spacial score (nSPS) is 15.4. The lowest BCUT2D eigenvalue weighted by molar-refractivity contribution is -0.139. The van der Waals surface area contributed by atoms with Crippen LogP contribution in [0, 0.1) is 6.92 Å². The van der Waals surface area contributed by atoms with Crippen molar-refractivity contribution >= 4 is 33.4 Å². The van der Waals surface area contributed by atoms with E-state index in [0.29, 0.717) is 11.4 Å². The number of nitrogens with one attached hydrogen (secondary N) is 1. The van der Waals surface area contributed by atoms with Crippen LogP contribution in [0.25, 0.3) is 10.2 Å². The van der Waals surface area contributed by atoms with Gasteiger partial charge in [0.2, 0.25) is 0 Å². The summed E-state index contributed by atoms with van der Waals surface area (Å²) in [5, 5.41) is 17.7. The fourth-order valence-electron chi connectivity index (χ4n) is 3.63. The fraction of sp³-hybridized carbons (Fsp3) is 0.350. The molecule has 2 aromatic heterocycles. The van der Waals surface area contributed by atoms with Crippen molar-refractivity contribution < 1.29 is 14.7 Å². The van der Waals surface area contributed by atoms with Crippen molar-refractivity contribution in [2.75, 3.05) is 0 Å². The number of carboxylic acid groups (broad SMARTS) is 1. The second kappa shape index (κ2) is 6.81. The maximum absolute atomic E-state index is 12.8. The number of amides is 1. The number of carbonyl (C=O) groups excluding carboxylic acids is 1. The number of thiophene rings is 1. The summed E-state index contributed by atoms with van der Waals surface area (Å²) >= 11 is 1.41. The number of aromatic nitrogens is 2. The number of benzene rings is 1. The molecule has 0 aliphatic heterocycles. The molecule has 2 heterocycles. The molecule has 27 heavy (non-hydrogen) atoms. The van der Waals surface area contributed by atoms with Gasteiger partial charge in [-0.2, -0.15) is 5.10 Å².